The van der Waals surface area contributed by atoms with Crippen LogP contribution < -0.4 is 63.8 Å². The molecule has 1 nitrogen and oxygen atoms in total. The van der Waals surface area contributed by atoms with E-state index in [1.807, 2.05) is 0 Å². The van der Waals surface area contributed by atoms with Gasteiger partial charge in [-0.15, -0.1) is 0 Å². The third-order valence-corrected chi connectivity index (χ3v) is 0. The molecule has 0 radical (unpaired) electrons. The molecule has 0 aromatic rings. The van der Waals surface area contributed by atoms with E-state index >= 15 is 0 Å². The monoisotopic (exact) mass is 141 g/mol. The number of hydrogen-bond acceptors (Lipinski definition) is 1. The molecule has 0 rings (SSSR count). The molecule has 0 aliphatic heterocycles. The average molecular weight is 141 g/mol. The van der Waals surface area contributed by atoms with Gasteiger partial charge < -0.3 is 12.4 Å². The van der Waals surface area contributed by atoms with Crippen LogP contribution in [0.5, 0.6) is 0 Å². The first-order valence-corrected chi connectivity index (χ1v) is 0.753. The van der Waals surface area contributed by atoms with Crippen molar-refractivity contribution in [3.8, 4) is 0 Å². The molecule has 0 aliphatic rings. The summed E-state index contributed by atoms with van der Waals surface area (Å²) in [5.74, 6) is 0. The fraction of sp³-hybridized carbons (Fsp3) is 0. The van der Waals surface area contributed by atoms with Crippen molar-refractivity contribution in [3.05, 3.63) is 0 Å². The van der Waals surface area contributed by atoms with Gasteiger partial charge in [-0.1, -0.05) is 0 Å². The van der Waals surface area contributed by atoms with Gasteiger partial charge >= 0.3 is 72.4 Å². The van der Waals surface area contributed by atoms with E-state index in [0.717, 1.165) is 17.4 Å². The van der Waals surface area contributed by atoms with Gasteiger partial charge in [0.25, 0.3) is 0 Å². The Morgan fingerprint density at radius 3 is 1.25 bits per heavy atom. The van der Waals surface area contributed by atoms with Crippen LogP contribution in [0.25, 0.3) is 0 Å². The minimum atomic E-state index is 0. The Labute approximate surface area is 82.9 Å². The molecule has 19 valence electrons. The van der Waals surface area contributed by atoms with Crippen molar-refractivity contribution in [3.63, 3.8) is 0 Å². The molecule has 0 aromatic heterocycles. The molecule has 0 bridgehead atoms. The Morgan fingerprint density at radius 1 is 1.25 bits per heavy atom. The molecule has 0 fully saturated rings. The topological polar surface area (TPSA) is 17.1 Å². The molecule has 0 unspecified atom stereocenters. The zero-order valence-corrected chi connectivity index (χ0v) is 7.51. The fourth-order valence-corrected chi connectivity index (χ4v) is 0. The molecule has 0 spiro atoms. The molecule has 4 heavy (non-hydrogen) atoms. The molecule has 0 amide bonds. The SMILES string of the molecule is [Cl-].[K+].[O]=[V]. The van der Waals surface area contributed by atoms with E-state index in [9.17, 15) is 0 Å². The summed E-state index contributed by atoms with van der Waals surface area (Å²) < 4.78 is 8.19. The van der Waals surface area contributed by atoms with E-state index in [-0.39, 0.29) is 63.8 Å². The second-order valence-electron chi connectivity index (χ2n) is 0. The molecule has 0 saturated heterocycles. The van der Waals surface area contributed by atoms with Crippen LogP contribution in [0.15, 0.2) is 0 Å². The summed E-state index contributed by atoms with van der Waals surface area (Å²) in [6, 6.07) is 0. The Balaban J connectivity index is -0.00000000500. The Bertz CT molecular complexity index is 8.00. The van der Waals surface area contributed by atoms with Gasteiger partial charge in [0, 0.05) is 0 Å². The zero-order chi connectivity index (χ0) is 2.00. The first-order valence-electron chi connectivity index (χ1n) is 0.183. The zero-order valence-electron chi connectivity index (χ0n) is 2.23. The van der Waals surface area contributed by atoms with Crippen molar-refractivity contribution in [1.29, 1.82) is 0 Å². The summed E-state index contributed by atoms with van der Waals surface area (Å²) in [6.07, 6.45) is 0. The quantitative estimate of drug-likeness (QED) is 0.307. The summed E-state index contributed by atoms with van der Waals surface area (Å²) >= 11 is 1.06. The van der Waals surface area contributed by atoms with Crippen LogP contribution in [-0.2, 0) is 21.0 Å². The molecule has 0 N–H and O–H groups in total. The molecule has 0 aromatic carbocycles. The van der Waals surface area contributed by atoms with Gasteiger partial charge in [0.1, 0.15) is 0 Å². The minimum absolute atomic E-state index is 0. The maximum atomic E-state index is 8.19. The van der Waals surface area contributed by atoms with Gasteiger partial charge in [-0.2, -0.15) is 0 Å². The molecular formula is ClKOV. The van der Waals surface area contributed by atoms with Crippen LogP contribution >= 0.6 is 0 Å². The van der Waals surface area contributed by atoms with Gasteiger partial charge in [-0.3, -0.25) is 0 Å². The first-order chi connectivity index (χ1) is 1.00. The fourth-order valence-electron chi connectivity index (χ4n) is 0. The summed E-state index contributed by atoms with van der Waals surface area (Å²) in [7, 11) is 0. The van der Waals surface area contributed by atoms with Crippen molar-refractivity contribution in [2.75, 3.05) is 0 Å². The van der Waals surface area contributed by atoms with E-state index in [1.165, 1.54) is 0 Å². The van der Waals surface area contributed by atoms with Crippen molar-refractivity contribution < 1.29 is 84.8 Å². The second kappa shape index (κ2) is 18.5. The first kappa shape index (κ1) is 16.2. The van der Waals surface area contributed by atoms with E-state index in [0.29, 0.717) is 0 Å². The molecule has 0 saturated carbocycles. The van der Waals surface area contributed by atoms with Crippen LogP contribution in [0, 0.1) is 0 Å². The predicted octanol–water partition coefficient (Wildman–Crippen LogP) is -6.11. The number of halogens is 1. The average Bonchev–Trinajstić information content (AvgIpc) is 1.00. The van der Waals surface area contributed by atoms with Crippen LogP contribution in [0.1, 0.15) is 0 Å². The van der Waals surface area contributed by atoms with E-state index < -0.39 is 0 Å². The van der Waals surface area contributed by atoms with E-state index in [1.54, 1.807) is 0 Å². The third kappa shape index (κ3) is 8.85. The van der Waals surface area contributed by atoms with Gasteiger partial charge in [0.05, 0.1) is 0 Å². The molecule has 0 heterocycles. The van der Waals surface area contributed by atoms with Crippen molar-refractivity contribution in [2.24, 2.45) is 0 Å². The van der Waals surface area contributed by atoms with Crippen LogP contribution in [0.4, 0.5) is 0 Å². The van der Waals surface area contributed by atoms with Crippen molar-refractivity contribution in [2.45, 2.75) is 0 Å². The number of rotatable bonds is 0. The van der Waals surface area contributed by atoms with Crippen LogP contribution in [0.2, 0.25) is 0 Å². The molecule has 0 atom stereocenters. The van der Waals surface area contributed by atoms with Gasteiger partial charge in [0.2, 0.25) is 0 Å². The molecular weight excluding hydrogens is 141 g/mol. The second-order valence-corrected chi connectivity index (χ2v) is 0. The van der Waals surface area contributed by atoms with Gasteiger partial charge in [-0.25, -0.2) is 0 Å². The number of hydrogen-bond donors (Lipinski definition) is 0. The van der Waals surface area contributed by atoms with Gasteiger partial charge in [-0.05, 0) is 0 Å². The molecule has 0 aliphatic carbocycles. The summed E-state index contributed by atoms with van der Waals surface area (Å²) in [4.78, 5) is 0. The summed E-state index contributed by atoms with van der Waals surface area (Å²) in [5, 5.41) is 0. The van der Waals surface area contributed by atoms with Crippen LogP contribution in [-0.4, -0.2) is 0 Å². The summed E-state index contributed by atoms with van der Waals surface area (Å²) in [6.45, 7) is 0. The Morgan fingerprint density at radius 2 is 1.25 bits per heavy atom. The standard InChI is InChI=1S/ClH.K.O.V/h1H;;;/q;+1;;/p-1. The molecule has 4 heteroatoms. The normalized spacial score (nSPS) is 0.750. The van der Waals surface area contributed by atoms with Crippen molar-refractivity contribution in [1.82, 2.24) is 0 Å². The Hall–Kier alpha value is 2.31. The summed E-state index contributed by atoms with van der Waals surface area (Å²) in [5.41, 5.74) is 0. The maximum absolute atomic E-state index is 8.19. The van der Waals surface area contributed by atoms with Crippen molar-refractivity contribution >= 4 is 0 Å². The Kier molecular flexibility index (Phi) is 75.0. The van der Waals surface area contributed by atoms with Gasteiger partial charge in [0.15, 0.2) is 0 Å². The third-order valence-electron chi connectivity index (χ3n) is 0. The van der Waals surface area contributed by atoms with E-state index in [2.05, 4.69) is 0 Å². The predicted molar refractivity (Wildman–Crippen MR) is 0.686 cm³/mol. The van der Waals surface area contributed by atoms with E-state index in [4.69, 9.17) is 3.67 Å². The van der Waals surface area contributed by atoms with Crippen LogP contribution in [0.3, 0.4) is 0 Å².